The fourth-order valence-corrected chi connectivity index (χ4v) is 1.90. The normalized spacial score (nSPS) is 12.1. The molecule has 102 valence electrons. The lowest BCUT2D eigenvalue weighted by atomic mass is 10.1. The van der Waals surface area contributed by atoms with E-state index in [0.29, 0.717) is 0 Å². The highest BCUT2D eigenvalue weighted by Gasteiger charge is 2.14. The van der Waals surface area contributed by atoms with Crippen LogP contribution < -0.4 is 5.73 Å². The molecule has 3 nitrogen and oxygen atoms in total. The molecule has 0 saturated heterocycles. The van der Waals surface area contributed by atoms with E-state index in [1.54, 1.807) is 0 Å². The van der Waals surface area contributed by atoms with Gasteiger partial charge in [-0.3, -0.25) is 4.90 Å². The van der Waals surface area contributed by atoms with Gasteiger partial charge >= 0.3 is 0 Å². The van der Waals surface area contributed by atoms with Crippen molar-refractivity contribution in [2.24, 2.45) is 0 Å². The van der Waals surface area contributed by atoms with Gasteiger partial charge in [0, 0.05) is 18.8 Å². The quantitative estimate of drug-likeness (QED) is 0.731. The van der Waals surface area contributed by atoms with Gasteiger partial charge in [0.1, 0.15) is 0 Å². The minimum absolute atomic E-state index is 0.590. The molecule has 0 atom stereocenters. The summed E-state index contributed by atoms with van der Waals surface area (Å²) in [7, 11) is 0. The van der Waals surface area contributed by atoms with E-state index in [1.165, 1.54) is 5.56 Å². The number of aliphatic hydroxyl groups is 1. The average molecular weight is 250 g/mol. The van der Waals surface area contributed by atoms with Crippen LogP contribution in [-0.2, 0) is 6.54 Å². The van der Waals surface area contributed by atoms with Gasteiger partial charge in [-0.25, -0.2) is 0 Å². The van der Waals surface area contributed by atoms with Crippen LogP contribution in [0.25, 0.3) is 0 Å². The number of benzene rings is 1. The molecule has 0 unspecified atom stereocenters. The predicted molar refractivity (Wildman–Crippen MR) is 77.3 cm³/mol. The molecule has 18 heavy (non-hydrogen) atoms. The molecule has 0 heterocycles. The van der Waals surface area contributed by atoms with Gasteiger partial charge in [0.15, 0.2) is 0 Å². The topological polar surface area (TPSA) is 49.5 Å². The molecular weight excluding hydrogens is 224 g/mol. The van der Waals surface area contributed by atoms with Crippen molar-refractivity contribution < 1.29 is 5.11 Å². The Morgan fingerprint density at radius 2 is 1.78 bits per heavy atom. The molecule has 0 bridgehead atoms. The van der Waals surface area contributed by atoms with Crippen molar-refractivity contribution in [2.75, 3.05) is 18.8 Å². The summed E-state index contributed by atoms with van der Waals surface area (Å²) in [6.07, 6.45) is 1.92. The van der Waals surface area contributed by atoms with Crippen LogP contribution >= 0.6 is 0 Å². The van der Waals surface area contributed by atoms with Crippen LogP contribution in [0.2, 0.25) is 0 Å². The fraction of sp³-hybridized carbons (Fsp3) is 0.600. The van der Waals surface area contributed by atoms with E-state index in [2.05, 4.69) is 24.0 Å². The van der Waals surface area contributed by atoms with E-state index < -0.39 is 5.60 Å². The Kier molecular flexibility index (Phi) is 5.63. The van der Waals surface area contributed by atoms with Crippen molar-refractivity contribution in [3.63, 3.8) is 0 Å². The number of hydrogen-bond donors (Lipinski definition) is 2. The van der Waals surface area contributed by atoms with Gasteiger partial charge < -0.3 is 10.8 Å². The van der Waals surface area contributed by atoms with E-state index >= 15 is 0 Å². The molecule has 0 saturated carbocycles. The first-order valence-corrected chi connectivity index (χ1v) is 6.70. The van der Waals surface area contributed by atoms with Crippen molar-refractivity contribution >= 4 is 5.69 Å². The lowest BCUT2D eigenvalue weighted by Crippen LogP contribution is -2.31. The van der Waals surface area contributed by atoms with Crippen molar-refractivity contribution in [3.8, 4) is 0 Å². The van der Waals surface area contributed by atoms with Crippen LogP contribution in [0.1, 0.15) is 39.2 Å². The summed E-state index contributed by atoms with van der Waals surface area (Å²) in [5.74, 6) is 0. The largest absolute Gasteiger partial charge is 0.399 e. The third-order valence-electron chi connectivity index (χ3n) is 2.97. The molecule has 1 aromatic carbocycles. The van der Waals surface area contributed by atoms with Crippen LogP contribution in [-0.4, -0.2) is 28.7 Å². The summed E-state index contributed by atoms with van der Waals surface area (Å²) in [5, 5.41) is 9.79. The Hall–Kier alpha value is -1.06. The zero-order valence-corrected chi connectivity index (χ0v) is 11.8. The SMILES string of the molecule is CCCN(CCC(C)(C)O)Cc1ccc(N)cc1. The number of nitrogen functional groups attached to an aromatic ring is 1. The average Bonchev–Trinajstić information content (AvgIpc) is 2.28. The van der Waals surface area contributed by atoms with Gasteiger partial charge in [-0.05, 0) is 50.9 Å². The standard InChI is InChI=1S/C15H26N2O/c1-4-10-17(11-9-15(2,3)18)12-13-5-7-14(16)8-6-13/h5-8,18H,4,9-12,16H2,1-3H3. The van der Waals surface area contributed by atoms with E-state index in [9.17, 15) is 5.11 Å². The Bertz CT molecular complexity index is 341. The first-order valence-electron chi connectivity index (χ1n) is 6.70. The summed E-state index contributed by atoms with van der Waals surface area (Å²) in [6, 6.07) is 8.02. The number of rotatable bonds is 7. The highest BCUT2D eigenvalue weighted by atomic mass is 16.3. The molecule has 1 aromatic rings. The molecule has 0 fully saturated rings. The van der Waals surface area contributed by atoms with E-state index in [-0.39, 0.29) is 0 Å². The predicted octanol–water partition coefficient (Wildman–Crippen LogP) is 2.64. The smallest absolute Gasteiger partial charge is 0.0603 e. The fourth-order valence-electron chi connectivity index (χ4n) is 1.90. The maximum atomic E-state index is 9.79. The van der Waals surface area contributed by atoms with Gasteiger partial charge in [0.2, 0.25) is 0 Å². The van der Waals surface area contributed by atoms with Crippen molar-refractivity contribution in [2.45, 2.75) is 45.8 Å². The lowest BCUT2D eigenvalue weighted by molar-refractivity contribution is 0.0565. The molecule has 0 aliphatic heterocycles. The van der Waals surface area contributed by atoms with Crippen LogP contribution in [0.15, 0.2) is 24.3 Å². The highest BCUT2D eigenvalue weighted by molar-refractivity contribution is 5.39. The number of anilines is 1. The summed E-state index contributed by atoms with van der Waals surface area (Å²) in [4.78, 5) is 2.38. The number of nitrogens with zero attached hydrogens (tertiary/aromatic N) is 1. The third kappa shape index (κ3) is 6.03. The monoisotopic (exact) mass is 250 g/mol. The van der Waals surface area contributed by atoms with Crippen LogP contribution in [0.5, 0.6) is 0 Å². The van der Waals surface area contributed by atoms with Gasteiger partial charge in [-0.15, -0.1) is 0 Å². The summed E-state index contributed by atoms with van der Waals surface area (Å²) in [6.45, 7) is 8.80. The van der Waals surface area contributed by atoms with Crippen LogP contribution in [0, 0.1) is 0 Å². The molecule has 0 amide bonds. The Morgan fingerprint density at radius 1 is 1.17 bits per heavy atom. The van der Waals surface area contributed by atoms with Crippen molar-refractivity contribution in [1.82, 2.24) is 4.90 Å². The molecular formula is C15H26N2O. The first-order chi connectivity index (χ1) is 8.40. The van der Waals surface area contributed by atoms with Crippen molar-refractivity contribution in [3.05, 3.63) is 29.8 Å². The zero-order valence-electron chi connectivity index (χ0n) is 11.8. The molecule has 0 aromatic heterocycles. The number of nitrogens with two attached hydrogens (primary N) is 1. The molecule has 3 heteroatoms. The maximum absolute atomic E-state index is 9.79. The molecule has 0 aliphatic rings. The minimum atomic E-state index is -0.590. The van der Waals surface area contributed by atoms with E-state index in [4.69, 9.17) is 5.73 Å². The first kappa shape index (κ1) is 15.0. The zero-order chi connectivity index (χ0) is 13.6. The van der Waals surface area contributed by atoms with Gasteiger partial charge in [-0.2, -0.15) is 0 Å². The Balaban J connectivity index is 2.54. The second-order valence-electron chi connectivity index (χ2n) is 5.58. The third-order valence-corrected chi connectivity index (χ3v) is 2.97. The number of hydrogen-bond acceptors (Lipinski definition) is 3. The second kappa shape index (κ2) is 6.76. The molecule has 0 aliphatic carbocycles. The van der Waals surface area contributed by atoms with Gasteiger partial charge in [0.05, 0.1) is 5.60 Å². The summed E-state index contributed by atoms with van der Waals surface area (Å²) in [5.41, 5.74) is 7.17. The summed E-state index contributed by atoms with van der Waals surface area (Å²) < 4.78 is 0. The minimum Gasteiger partial charge on any atom is -0.399 e. The highest BCUT2D eigenvalue weighted by Crippen LogP contribution is 2.13. The van der Waals surface area contributed by atoms with E-state index in [0.717, 1.165) is 38.2 Å². The van der Waals surface area contributed by atoms with Gasteiger partial charge in [-0.1, -0.05) is 19.1 Å². The molecule has 0 spiro atoms. The molecule has 1 rings (SSSR count). The summed E-state index contributed by atoms with van der Waals surface area (Å²) >= 11 is 0. The van der Waals surface area contributed by atoms with E-state index in [1.807, 2.05) is 26.0 Å². The Morgan fingerprint density at radius 3 is 2.28 bits per heavy atom. The van der Waals surface area contributed by atoms with Crippen molar-refractivity contribution in [1.29, 1.82) is 0 Å². The van der Waals surface area contributed by atoms with Gasteiger partial charge in [0.25, 0.3) is 0 Å². The molecule has 3 N–H and O–H groups in total. The molecule has 0 radical (unpaired) electrons. The maximum Gasteiger partial charge on any atom is 0.0603 e. The van der Waals surface area contributed by atoms with Crippen LogP contribution in [0.3, 0.4) is 0 Å². The second-order valence-corrected chi connectivity index (χ2v) is 5.58. The van der Waals surface area contributed by atoms with Crippen LogP contribution in [0.4, 0.5) is 5.69 Å². The lowest BCUT2D eigenvalue weighted by Gasteiger charge is -2.26. The Labute approximate surface area is 111 Å².